The van der Waals surface area contributed by atoms with Crippen molar-refractivity contribution in [3.05, 3.63) is 40.7 Å². The maximum atomic E-state index is 5.24. The number of fused-ring (bicyclic) bond motifs is 8. The lowest BCUT2D eigenvalue weighted by atomic mass is 9.81. The smallest absolute Gasteiger partial charge is 0.149 e. The zero-order valence-corrected chi connectivity index (χ0v) is 20.6. The van der Waals surface area contributed by atoms with Gasteiger partial charge in [-0.3, -0.25) is 20.0 Å². The number of rotatable bonds is 2. The highest BCUT2D eigenvalue weighted by atomic mass is 15.7. The van der Waals surface area contributed by atoms with Crippen LogP contribution in [0.3, 0.4) is 0 Å². The minimum absolute atomic E-state index is 0.343. The number of hydrazine groups is 2. The van der Waals surface area contributed by atoms with Gasteiger partial charge in [0.25, 0.3) is 0 Å². The molecule has 5 nitrogen and oxygen atoms in total. The van der Waals surface area contributed by atoms with Gasteiger partial charge in [-0.15, -0.1) is 0 Å². The Balaban J connectivity index is 1.19. The molecule has 0 amide bonds. The van der Waals surface area contributed by atoms with Crippen LogP contribution in [0.1, 0.15) is 66.2 Å². The predicted molar refractivity (Wildman–Crippen MR) is 129 cm³/mol. The molecule has 0 unspecified atom stereocenters. The Hall–Kier alpha value is -2.17. The van der Waals surface area contributed by atoms with E-state index in [4.69, 9.17) is 4.98 Å². The molecule has 4 aliphatic carbocycles. The van der Waals surface area contributed by atoms with E-state index >= 15 is 0 Å². The number of hydrogen-bond donors (Lipinski definition) is 0. The lowest BCUT2D eigenvalue weighted by Crippen LogP contribution is -2.41. The average molecular weight is 432 g/mol. The molecule has 0 aromatic carbocycles. The fourth-order valence-corrected chi connectivity index (χ4v) is 9.02. The monoisotopic (exact) mass is 431 g/mol. The topological polar surface area (TPSA) is 25.9 Å². The summed E-state index contributed by atoms with van der Waals surface area (Å²) in [5.74, 6) is 2.15. The first-order valence-corrected chi connectivity index (χ1v) is 12.5. The van der Waals surface area contributed by atoms with Crippen LogP contribution in [0.4, 0.5) is 11.6 Å². The third-order valence-electron chi connectivity index (χ3n) is 10.4. The zero-order valence-electron chi connectivity index (χ0n) is 20.6. The maximum Gasteiger partial charge on any atom is 0.149 e. The van der Waals surface area contributed by atoms with E-state index in [-0.39, 0.29) is 0 Å². The molecule has 4 bridgehead atoms. The summed E-state index contributed by atoms with van der Waals surface area (Å²) >= 11 is 0. The van der Waals surface area contributed by atoms with Crippen molar-refractivity contribution >= 4 is 11.6 Å². The summed E-state index contributed by atoms with van der Waals surface area (Å²) in [6, 6.07) is 6.58. The van der Waals surface area contributed by atoms with E-state index in [9.17, 15) is 0 Å². The standard InChI is InChI=1S/C27H37N5/c1-24-10-12-26(3,16-24)22-18(24)14-31(29(22)5)20-8-7-9-21(28-20)32-15-19-23(30(32)6)27(4)13-11-25(19,2)17-27/h7-9H,10-17H2,1-6H3/t24-,25-,26+,27+/m0/s1. The number of allylic oxidation sites excluding steroid dienone is 2. The Kier molecular flexibility index (Phi) is 3.31. The number of aromatic nitrogens is 1. The van der Waals surface area contributed by atoms with E-state index in [1.165, 1.54) is 38.5 Å². The van der Waals surface area contributed by atoms with Gasteiger partial charge in [0.05, 0.1) is 13.1 Å². The third-order valence-corrected chi connectivity index (χ3v) is 10.4. The van der Waals surface area contributed by atoms with Gasteiger partial charge < -0.3 is 0 Å². The fourth-order valence-electron chi connectivity index (χ4n) is 9.02. The zero-order chi connectivity index (χ0) is 22.3. The van der Waals surface area contributed by atoms with Gasteiger partial charge in [0.15, 0.2) is 0 Å². The second kappa shape index (κ2) is 5.48. The van der Waals surface area contributed by atoms with Gasteiger partial charge in [-0.1, -0.05) is 33.8 Å². The fraction of sp³-hybridized carbons (Fsp3) is 0.667. The molecule has 6 aliphatic rings. The molecular weight excluding hydrogens is 394 g/mol. The molecule has 2 aliphatic heterocycles. The molecule has 7 rings (SSSR count). The Morgan fingerprint density at radius 1 is 0.656 bits per heavy atom. The minimum atomic E-state index is 0.343. The number of pyridine rings is 1. The van der Waals surface area contributed by atoms with Crippen LogP contribution in [0, 0.1) is 21.7 Å². The van der Waals surface area contributed by atoms with Crippen LogP contribution in [0.5, 0.6) is 0 Å². The molecule has 4 atom stereocenters. The van der Waals surface area contributed by atoms with E-state index in [0.717, 1.165) is 24.7 Å². The van der Waals surface area contributed by atoms with E-state index in [1.807, 2.05) is 0 Å². The van der Waals surface area contributed by atoms with Crippen LogP contribution in [0.15, 0.2) is 40.7 Å². The van der Waals surface area contributed by atoms with Gasteiger partial charge in [-0.25, -0.2) is 4.98 Å². The Bertz CT molecular complexity index is 1040. The summed E-state index contributed by atoms with van der Waals surface area (Å²) in [5, 5.41) is 9.69. The van der Waals surface area contributed by atoms with Crippen molar-refractivity contribution in [1.82, 2.24) is 15.0 Å². The van der Waals surface area contributed by atoms with Crippen molar-refractivity contribution in [2.75, 3.05) is 37.2 Å². The van der Waals surface area contributed by atoms with Crippen LogP contribution in [0.25, 0.3) is 0 Å². The highest BCUT2D eigenvalue weighted by Crippen LogP contribution is 2.67. The van der Waals surface area contributed by atoms with Gasteiger partial charge in [-0.05, 0) is 72.6 Å². The van der Waals surface area contributed by atoms with Crippen molar-refractivity contribution in [3.63, 3.8) is 0 Å². The molecule has 3 heterocycles. The molecule has 2 fully saturated rings. The van der Waals surface area contributed by atoms with Crippen LogP contribution >= 0.6 is 0 Å². The SMILES string of the molecule is CN1C2=C(CN1c1cccc(N3CC4=C(N3C)[C@]3(C)CC[C@@]4(C)C3)n1)[C@@]1(C)CC[C@]2(C)C1. The predicted octanol–water partition coefficient (Wildman–Crippen LogP) is 5.34. The molecule has 170 valence electrons. The lowest BCUT2D eigenvalue weighted by molar-refractivity contribution is 0.277. The summed E-state index contributed by atoms with van der Waals surface area (Å²) in [7, 11) is 4.51. The quantitative estimate of drug-likeness (QED) is 0.629. The van der Waals surface area contributed by atoms with Gasteiger partial charge in [0.1, 0.15) is 11.6 Å². The molecule has 2 saturated carbocycles. The summed E-state index contributed by atoms with van der Waals surface area (Å²) < 4.78 is 0. The van der Waals surface area contributed by atoms with Crippen LogP contribution in [0.2, 0.25) is 0 Å². The van der Waals surface area contributed by atoms with Crippen molar-refractivity contribution in [2.45, 2.75) is 66.2 Å². The van der Waals surface area contributed by atoms with Crippen LogP contribution in [-0.4, -0.2) is 42.2 Å². The third kappa shape index (κ3) is 2.09. The molecule has 0 N–H and O–H groups in total. The highest BCUT2D eigenvalue weighted by Gasteiger charge is 2.60. The number of hydrogen-bond acceptors (Lipinski definition) is 5. The molecule has 1 aromatic rings. The number of nitrogens with zero attached hydrogens (tertiary/aromatic N) is 5. The summed E-state index contributed by atoms with van der Waals surface area (Å²) in [5.41, 5.74) is 7.94. The van der Waals surface area contributed by atoms with Gasteiger partial charge >= 0.3 is 0 Å². The molecule has 5 heteroatoms. The van der Waals surface area contributed by atoms with Gasteiger partial charge in [-0.2, -0.15) is 0 Å². The first kappa shape index (κ1) is 19.3. The Labute approximate surface area is 192 Å². The Morgan fingerprint density at radius 3 is 1.47 bits per heavy atom. The summed E-state index contributed by atoms with van der Waals surface area (Å²) in [6.45, 7) is 11.9. The van der Waals surface area contributed by atoms with Crippen LogP contribution in [-0.2, 0) is 0 Å². The van der Waals surface area contributed by atoms with Gasteiger partial charge in [0, 0.05) is 36.3 Å². The molecular formula is C27H37N5. The largest absolute Gasteiger partial charge is 0.290 e. The first-order valence-electron chi connectivity index (χ1n) is 12.5. The second-order valence-electron chi connectivity index (χ2n) is 12.8. The normalized spacial score (nSPS) is 41.7. The average Bonchev–Trinajstić information content (AvgIpc) is 3.52. The highest BCUT2D eigenvalue weighted by molar-refractivity contribution is 5.57. The second-order valence-corrected chi connectivity index (χ2v) is 12.8. The van der Waals surface area contributed by atoms with Crippen LogP contribution < -0.4 is 10.0 Å². The van der Waals surface area contributed by atoms with E-state index in [2.05, 4.69) is 80.0 Å². The van der Waals surface area contributed by atoms with E-state index in [0.29, 0.717) is 21.7 Å². The molecule has 0 spiro atoms. The molecule has 1 aromatic heterocycles. The van der Waals surface area contributed by atoms with Gasteiger partial charge in [0.2, 0.25) is 0 Å². The lowest BCUT2D eigenvalue weighted by Gasteiger charge is -2.38. The van der Waals surface area contributed by atoms with Crippen molar-refractivity contribution < 1.29 is 0 Å². The van der Waals surface area contributed by atoms with Crippen molar-refractivity contribution in [1.29, 1.82) is 0 Å². The molecule has 32 heavy (non-hydrogen) atoms. The molecule has 0 radical (unpaired) electrons. The molecule has 0 saturated heterocycles. The first-order chi connectivity index (χ1) is 15.1. The summed E-state index contributed by atoms with van der Waals surface area (Å²) in [6.07, 6.45) is 7.96. The summed E-state index contributed by atoms with van der Waals surface area (Å²) in [4.78, 5) is 5.24. The van der Waals surface area contributed by atoms with E-state index < -0.39 is 0 Å². The number of anilines is 2. The van der Waals surface area contributed by atoms with Crippen molar-refractivity contribution in [2.24, 2.45) is 21.7 Å². The van der Waals surface area contributed by atoms with E-state index in [1.54, 1.807) is 22.5 Å². The minimum Gasteiger partial charge on any atom is -0.290 e. The maximum absolute atomic E-state index is 5.24. The Morgan fingerprint density at radius 2 is 1.06 bits per heavy atom. The van der Waals surface area contributed by atoms with Crippen molar-refractivity contribution in [3.8, 4) is 0 Å².